The summed E-state index contributed by atoms with van der Waals surface area (Å²) in [4.78, 5) is 61.9. The number of β-lactam (4-membered cyclic amide) rings is 1. The van der Waals surface area contributed by atoms with Gasteiger partial charge in [0.25, 0.3) is 0 Å². The maximum Gasteiger partial charge on any atom is 0.413 e. The maximum absolute atomic E-state index is 13.5. The molecule has 0 aromatic carbocycles. The van der Waals surface area contributed by atoms with E-state index in [4.69, 9.17) is 14.2 Å². The van der Waals surface area contributed by atoms with Gasteiger partial charge in [-0.3, -0.25) is 20.3 Å². The highest BCUT2D eigenvalue weighted by atomic mass is 16.5. The largest absolute Gasteiger partial charge is 0.464 e. The van der Waals surface area contributed by atoms with Crippen LogP contribution in [0, 0.1) is 17.8 Å². The van der Waals surface area contributed by atoms with Crippen molar-refractivity contribution >= 4 is 30.0 Å². The number of piperazine rings is 1. The van der Waals surface area contributed by atoms with Crippen molar-refractivity contribution in [3.8, 4) is 0 Å². The van der Waals surface area contributed by atoms with Crippen LogP contribution in [-0.2, 0) is 23.8 Å². The molecule has 4 aliphatic rings. The van der Waals surface area contributed by atoms with Crippen molar-refractivity contribution in [3.05, 3.63) is 0 Å². The zero-order valence-corrected chi connectivity index (χ0v) is 31.0. The standard InChI is InChI=1S/C36H63N7O7/c1-5-49-32(45)30-29(31(44)43(30)35(47)42-21-19-41(20-22-42)25-39-36(2,3)4)17-12-18-37-33(38-26-48-23-27-13-8-6-9-14-27)40-34(46)50-24-28-15-10-7-11-16-28/h27-30,39H,5-26H2,1-4H3,(H2,37,38,40,46)/t29-,30?/m1/s1. The van der Waals surface area contributed by atoms with Crippen LogP contribution in [0.3, 0.4) is 0 Å². The number of imide groups is 1. The number of likely N-dealkylation sites (tertiary alicyclic amines) is 1. The molecule has 2 heterocycles. The normalized spacial score (nSPS) is 23.0. The van der Waals surface area contributed by atoms with E-state index in [0.29, 0.717) is 77.3 Å². The quantitative estimate of drug-likeness (QED) is 0.0793. The van der Waals surface area contributed by atoms with Crippen molar-refractivity contribution in [1.82, 2.24) is 30.7 Å². The zero-order valence-electron chi connectivity index (χ0n) is 31.0. The minimum atomic E-state index is -0.954. The van der Waals surface area contributed by atoms with Gasteiger partial charge < -0.3 is 24.4 Å². The van der Waals surface area contributed by atoms with Gasteiger partial charge in [-0.2, -0.15) is 0 Å². The molecule has 3 N–H and O–H groups in total. The Hall–Kier alpha value is -2.97. The van der Waals surface area contributed by atoms with Gasteiger partial charge in [-0.1, -0.05) is 38.5 Å². The number of ether oxygens (including phenoxy) is 3. The number of alkyl carbamates (subject to hydrolysis) is 1. The summed E-state index contributed by atoms with van der Waals surface area (Å²) in [6, 6.07) is -1.39. The number of nitrogens with one attached hydrogen (secondary N) is 3. The number of aliphatic imine (C=N–C) groups is 1. The van der Waals surface area contributed by atoms with Crippen LogP contribution in [0.1, 0.15) is 105 Å². The number of esters is 1. The number of guanidine groups is 1. The molecular weight excluding hydrogens is 642 g/mol. The van der Waals surface area contributed by atoms with Gasteiger partial charge in [0.05, 0.1) is 25.7 Å². The van der Waals surface area contributed by atoms with Gasteiger partial charge in [0, 0.05) is 44.9 Å². The van der Waals surface area contributed by atoms with E-state index in [2.05, 4.69) is 46.6 Å². The van der Waals surface area contributed by atoms with Crippen LogP contribution < -0.4 is 16.0 Å². The molecule has 0 aromatic heterocycles. The van der Waals surface area contributed by atoms with Crippen LogP contribution in [0.4, 0.5) is 9.59 Å². The van der Waals surface area contributed by atoms with E-state index < -0.39 is 30.1 Å². The first-order valence-electron chi connectivity index (χ1n) is 19.1. The van der Waals surface area contributed by atoms with Crippen molar-refractivity contribution < 1.29 is 33.4 Å². The number of urea groups is 1. The highest BCUT2D eigenvalue weighted by molar-refractivity contribution is 6.07. The fraction of sp³-hybridized carbons (Fsp3) is 0.861. The molecule has 14 heteroatoms. The lowest BCUT2D eigenvalue weighted by atomic mass is 9.83. The lowest BCUT2D eigenvalue weighted by Gasteiger charge is -2.47. The Morgan fingerprint density at radius 1 is 0.880 bits per heavy atom. The molecule has 0 bridgehead atoms. The second kappa shape index (κ2) is 20.2. The zero-order chi connectivity index (χ0) is 35.9. The molecule has 0 spiro atoms. The molecule has 2 saturated heterocycles. The summed E-state index contributed by atoms with van der Waals surface area (Å²) in [5.41, 5.74) is -0.0121. The average molecular weight is 706 g/mol. The van der Waals surface area contributed by atoms with Gasteiger partial charge in [-0.05, 0) is 78.1 Å². The van der Waals surface area contributed by atoms with E-state index >= 15 is 0 Å². The molecule has 284 valence electrons. The molecule has 14 nitrogen and oxygen atoms in total. The van der Waals surface area contributed by atoms with Crippen LogP contribution >= 0.6 is 0 Å². The molecule has 4 rings (SSSR count). The van der Waals surface area contributed by atoms with Crippen LogP contribution in [-0.4, -0.2) is 122 Å². The number of rotatable bonds is 14. The van der Waals surface area contributed by atoms with Crippen LogP contribution in [0.25, 0.3) is 0 Å². The number of carbonyl (C=O) groups excluding carboxylic acids is 4. The first-order valence-corrected chi connectivity index (χ1v) is 19.1. The average Bonchev–Trinajstić information content (AvgIpc) is 3.11. The van der Waals surface area contributed by atoms with Crippen molar-refractivity contribution in [2.24, 2.45) is 22.7 Å². The lowest BCUT2D eigenvalue weighted by Crippen LogP contribution is -2.69. The summed E-state index contributed by atoms with van der Waals surface area (Å²) >= 11 is 0. The highest BCUT2D eigenvalue weighted by Gasteiger charge is 2.56. The summed E-state index contributed by atoms with van der Waals surface area (Å²) < 4.78 is 16.7. The number of carbonyl (C=O) groups is 4. The minimum absolute atomic E-state index is 0.0121. The number of hydrogen-bond donors (Lipinski definition) is 3. The number of hydrogen-bond acceptors (Lipinski definition) is 10. The Bertz CT molecular complexity index is 1130. The lowest BCUT2D eigenvalue weighted by molar-refractivity contribution is -0.170. The second-order valence-corrected chi connectivity index (χ2v) is 15.3. The van der Waals surface area contributed by atoms with E-state index in [1.165, 1.54) is 51.4 Å². The molecule has 4 amide bonds. The summed E-state index contributed by atoms with van der Waals surface area (Å²) in [5.74, 6) is -0.406. The van der Waals surface area contributed by atoms with Gasteiger partial charge in [0.2, 0.25) is 11.9 Å². The molecular formula is C36H63N7O7. The summed E-state index contributed by atoms with van der Waals surface area (Å²) in [5, 5.41) is 9.35. The highest BCUT2D eigenvalue weighted by Crippen LogP contribution is 2.33. The Morgan fingerprint density at radius 2 is 1.52 bits per heavy atom. The van der Waals surface area contributed by atoms with E-state index in [9.17, 15) is 19.2 Å². The van der Waals surface area contributed by atoms with Crippen molar-refractivity contribution in [3.63, 3.8) is 0 Å². The Morgan fingerprint density at radius 3 is 2.14 bits per heavy atom. The molecule has 0 aromatic rings. The monoisotopic (exact) mass is 705 g/mol. The Kier molecular flexibility index (Phi) is 16.1. The van der Waals surface area contributed by atoms with E-state index in [-0.39, 0.29) is 30.7 Å². The fourth-order valence-electron chi connectivity index (χ4n) is 7.17. The second-order valence-electron chi connectivity index (χ2n) is 15.3. The van der Waals surface area contributed by atoms with Gasteiger partial charge >= 0.3 is 18.1 Å². The van der Waals surface area contributed by atoms with Gasteiger partial charge in [0.15, 0.2) is 6.04 Å². The van der Waals surface area contributed by atoms with Crippen molar-refractivity contribution in [2.75, 3.05) is 65.9 Å². The SMILES string of the molecule is CCOC(=O)C1[C@@H](CCCN/C(=N/COCC2CCCCC2)NC(=O)OCC2CCCCC2)C(=O)N1C(=O)N1CCN(CNC(C)(C)C)CC1. The topological polar surface area (TPSA) is 154 Å². The maximum atomic E-state index is 13.5. The molecule has 0 radical (unpaired) electrons. The van der Waals surface area contributed by atoms with Gasteiger partial charge in [0.1, 0.15) is 6.73 Å². The summed E-state index contributed by atoms with van der Waals surface area (Å²) in [7, 11) is 0. The van der Waals surface area contributed by atoms with E-state index in [1.54, 1.807) is 11.8 Å². The van der Waals surface area contributed by atoms with Crippen molar-refractivity contribution in [2.45, 2.75) is 116 Å². The van der Waals surface area contributed by atoms with Gasteiger partial charge in [-0.15, -0.1) is 0 Å². The smallest absolute Gasteiger partial charge is 0.413 e. The first kappa shape index (κ1) is 39.8. The molecule has 2 atom stereocenters. The summed E-state index contributed by atoms with van der Waals surface area (Å²) in [6.45, 7) is 12.7. The Balaban J connectivity index is 1.27. The van der Waals surface area contributed by atoms with Gasteiger partial charge in [-0.25, -0.2) is 24.3 Å². The molecule has 2 aliphatic heterocycles. The molecule has 4 fully saturated rings. The third-order valence-corrected chi connectivity index (χ3v) is 10.2. The van der Waals surface area contributed by atoms with E-state index in [0.717, 1.165) is 17.7 Å². The van der Waals surface area contributed by atoms with Crippen molar-refractivity contribution in [1.29, 1.82) is 0 Å². The fourth-order valence-corrected chi connectivity index (χ4v) is 7.17. The molecule has 50 heavy (non-hydrogen) atoms. The predicted molar refractivity (Wildman–Crippen MR) is 190 cm³/mol. The minimum Gasteiger partial charge on any atom is -0.464 e. The molecule has 2 aliphatic carbocycles. The third kappa shape index (κ3) is 12.7. The molecule has 2 saturated carbocycles. The van der Waals surface area contributed by atoms with E-state index in [1.807, 2.05) is 0 Å². The molecule has 1 unspecified atom stereocenters. The summed E-state index contributed by atoms with van der Waals surface area (Å²) in [6.07, 6.45) is 12.1. The number of nitrogens with zero attached hydrogens (tertiary/aromatic N) is 4. The number of amides is 4. The van der Waals surface area contributed by atoms with Crippen LogP contribution in [0.15, 0.2) is 4.99 Å². The third-order valence-electron chi connectivity index (χ3n) is 10.2. The van der Waals surface area contributed by atoms with Crippen LogP contribution in [0.5, 0.6) is 0 Å². The predicted octanol–water partition coefficient (Wildman–Crippen LogP) is 4.05. The first-order chi connectivity index (χ1) is 24.1. The Labute approximate surface area is 298 Å². The van der Waals surface area contributed by atoms with Crippen LogP contribution in [0.2, 0.25) is 0 Å².